The highest BCUT2D eigenvalue weighted by Gasteiger charge is 2.18. The molecule has 6 nitrogen and oxygen atoms in total. The van der Waals surface area contributed by atoms with Gasteiger partial charge in [0.2, 0.25) is 11.8 Å². The number of carbonyl (C=O) groups is 3. The number of nitrogens with two attached hydrogens (primary N) is 2. The van der Waals surface area contributed by atoms with Crippen LogP contribution in [0, 0.1) is 5.92 Å². The molecule has 0 spiro atoms. The van der Waals surface area contributed by atoms with E-state index in [0.29, 0.717) is 24.4 Å². The van der Waals surface area contributed by atoms with Crippen molar-refractivity contribution in [3.63, 3.8) is 0 Å². The first kappa shape index (κ1) is 16.9. The lowest BCUT2D eigenvalue weighted by Crippen LogP contribution is -2.47. The fourth-order valence-corrected chi connectivity index (χ4v) is 2.04. The monoisotopic (exact) mass is 275 g/mol. The predicted molar refractivity (Wildman–Crippen MR) is 71.9 cm³/mol. The number of thioether (sulfide) groups is 1. The quantitative estimate of drug-likeness (QED) is 0.479. The molecule has 0 radical (unpaired) electrons. The molecule has 0 aliphatic rings. The van der Waals surface area contributed by atoms with E-state index in [-0.39, 0.29) is 11.7 Å². The zero-order valence-electron chi connectivity index (χ0n) is 10.7. The van der Waals surface area contributed by atoms with Gasteiger partial charge >= 0.3 is 0 Å². The van der Waals surface area contributed by atoms with Crippen LogP contribution in [0.25, 0.3) is 0 Å². The zero-order chi connectivity index (χ0) is 14.1. The van der Waals surface area contributed by atoms with Crippen LogP contribution in [0.1, 0.15) is 20.3 Å². The Labute approximate surface area is 111 Å². The summed E-state index contributed by atoms with van der Waals surface area (Å²) in [6, 6.07) is -1.26. The molecule has 0 fully saturated rings. The minimum atomic E-state index is -0.639. The Morgan fingerprint density at radius 1 is 1.39 bits per heavy atom. The van der Waals surface area contributed by atoms with Crippen LogP contribution in [0.5, 0.6) is 0 Å². The maximum atomic E-state index is 11.6. The number of carbonyl (C=O) groups excluding carboxylic acids is 3. The van der Waals surface area contributed by atoms with E-state index >= 15 is 0 Å². The molecule has 0 bridgehead atoms. The molecule has 0 heterocycles. The summed E-state index contributed by atoms with van der Waals surface area (Å²) in [6.45, 7) is 3.93. The summed E-state index contributed by atoms with van der Waals surface area (Å²) < 4.78 is 0. The van der Waals surface area contributed by atoms with Gasteiger partial charge in [-0.1, -0.05) is 13.8 Å². The highest BCUT2D eigenvalue weighted by atomic mass is 32.2. The molecule has 0 saturated carbocycles. The number of nitrogens with one attached hydrogen (secondary N) is 1. The van der Waals surface area contributed by atoms with E-state index in [0.717, 1.165) is 0 Å². The van der Waals surface area contributed by atoms with E-state index < -0.39 is 18.0 Å². The molecule has 0 saturated heterocycles. The van der Waals surface area contributed by atoms with E-state index in [1.807, 2.05) is 13.8 Å². The first-order chi connectivity index (χ1) is 8.36. The highest BCUT2D eigenvalue weighted by molar-refractivity contribution is 8.00. The molecule has 2 atom stereocenters. The Hall–Kier alpha value is -1.08. The maximum absolute atomic E-state index is 11.6. The van der Waals surface area contributed by atoms with Crippen molar-refractivity contribution in [2.24, 2.45) is 17.4 Å². The first-order valence-electron chi connectivity index (χ1n) is 5.74. The highest BCUT2D eigenvalue weighted by Crippen LogP contribution is 2.04. The van der Waals surface area contributed by atoms with Gasteiger partial charge in [-0.25, -0.2) is 0 Å². The molecule has 0 aliphatic carbocycles. The predicted octanol–water partition coefficient (Wildman–Crippen LogP) is -0.738. The van der Waals surface area contributed by atoms with Crippen molar-refractivity contribution in [1.29, 1.82) is 0 Å². The Morgan fingerprint density at radius 3 is 2.44 bits per heavy atom. The molecule has 0 aliphatic heterocycles. The normalized spacial score (nSPS) is 14.0. The van der Waals surface area contributed by atoms with Gasteiger partial charge in [0.1, 0.15) is 6.29 Å². The van der Waals surface area contributed by atoms with E-state index in [1.165, 1.54) is 11.8 Å². The van der Waals surface area contributed by atoms with Gasteiger partial charge in [0.25, 0.3) is 0 Å². The molecule has 5 N–H and O–H groups in total. The largest absolute Gasteiger partial charge is 0.369 e. The van der Waals surface area contributed by atoms with Crippen molar-refractivity contribution in [2.75, 3.05) is 11.5 Å². The molecule has 0 aromatic rings. The molecular formula is C11H21N3O3S. The second-order valence-corrected chi connectivity index (χ2v) is 5.50. The van der Waals surface area contributed by atoms with Crippen molar-refractivity contribution >= 4 is 29.9 Å². The molecule has 0 aromatic heterocycles. The van der Waals surface area contributed by atoms with Gasteiger partial charge in [0.05, 0.1) is 17.8 Å². The fraction of sp³-hybridized carbons (Fsp3) is 0.727. The summed E-state index contributed by atoms with van der Waals surface area (Å²) in [6.07, 6.45) is 1.19. The molecule has 0 unspecified atom stereocenters. The van der Waals surface area contributed by atoms with Crippen LogP contribution in [0.2, 0.25) is 0 Å². The third-order valence-corrected chi connectivity index (χ3v) is 3.18. The number of aldehydes is 1. The number of hydrogen-bond donors (Lipinski definition) is 3. The van der Waals surface area contributed by atoms with E-state index in [1.54, 1.807) is 0 Å². The topological polar surface area (TPSA) is 115 Å². The zero-order valence-corrected chi connectivity index (χ0v) is 11.5. The standard InChI is InChI=1S/C11H21N3O3S/c1-7(2)3-9(12)11(17)14-8(4-15)5-18-6-10(13)16/h4,7-9H,3,5-6,12H2,1-2H3,(H2,13,16)(H,14,17)/t8-,9+/m1/s1. The molecule has 0 aromatic carbocycles. The van der Waals surface area contributed by atoms with Crippen molar-refractivity contribution < 1.29 is 14.4 Å². The summed E-state index contributed by atoms with van der Waals surface area (Å²) in [5, 5.41) is 2.54. The van der Waals surface area contributed by atoms with E-state index in [9.17, 15) is 14.4 Å². The molecule has 7 heteroatoms. The van der Waals surface area contributed by atoms with Crippen LogP contribution in [0.3, 0.4) is 0 Å². The lowest BCUT2D eigenvalue weighted by molar-refractivity contribution is -0.125. The van der Waals surface area contributed by atoms with Crippen molar-refractivity contribution in [3.05, 3.63) is 0 Å². The Kier molecular flexibility index (Phi) is 8.40. The second-order valence-electron chi connectivity index (χ2n) is 4.47. The van der Waals surface area contributed by atoms with Gasteiger partial charge in [-0.15, -0.1) is 11.8 Å². The fourth-order valence-electron chi connectivity index (χ4n) is 1.31. The third kappa shape index (κ3) is 8.08. The van der Waals surface area contributed by atoms with Crippen molar-refractivity contribution in [1.82, 2.24) is 5.32 Å². The minimum Gasteiger partial charge on any atom is -0.369 e. The SMILES string of the molecule is CC(C)C[C@H](N)C(=O)N[C@H](C=O)CSCC(N)=O. The summed E-state index contributed by atoms with van der Waals surface area (Å²) in [5.41, 5.74) is 10.7. The van der Waals surface area contributed by atoms with Gasteiger partial charge in [-0.2, -0.15) is 0 Å². The number of rotatable bonds is 9. The van der Waals surface area contributed by atoms with Crippen LogP contribution >= 0.6 is 11.8 Å². The Balaban J connectivity index is 4.07. The second kappa shape index (κ2) is 8.93. The minimum absolute atomic E-state index is 0.123. The van der Waals surface area contributed by atoms with Crippen LogP contribution in [0.15, 0.2) is 0 Å². The van der Waals surface area contributed by atoms with Gasteiger partial charge in [0, 0.05) is 5.75 Å². The van der Waals surface area contributed by atoms with E-state index in [4.69, 9.17) is 11.5 Å². The first-order valence-corrected chi connectivity index (χ1v) is 6.89. The van der Waals surface area contributed by atoms with Crippen LogP contribution in [-0.4, -0.2) is 41.7 Å². The molecular weight excluding hydrogens is 254 g/mol. The summed E-state index contributed by atoms with van der Waals surface area (Å²) in [7, 11) is 0. The number of hydrogen-bond acceptors (Lipinski definition) is 5. The molecule has 2 amide bonds. The van der Waals surface area contributed by atoms with Gasteiger partial charge in [-0.05, 0) is 12.3 Å². The van der Waals surface area contributed by atoms with Gasteiger partial charge in [0.15, 0.2) is 0 Å². The molecule has 18 heavy (non-hydrogen) atoms. The Bertz CT molecular complexity index is 297. The van der Waals surface area contributed by atoms with Crippen LogP contribution < -0.4 is 16.8 Å². The number of primary amides is 1. The molecule has 104 valence electrons. The van der Waals surface area contributed by atoms with Gasteiger partial charge < -0.3 is 21.6 Å². The van der Waals surface area contributed by atoms with Crippen molar-refractivity contribution in [3.8, 4) is 0 Å². The van der Waals surface area contributed by atoms with E-state index in [2.05, 4.69) is 5.32 Å². The summed E-state index contributed by atoms with van der Waals surface area (Å²) >= 11 is 1.20. The summed E-state index contributed by atoms with van der Waals surface area (Å²) in [5.74, 6) is -0.0530. The number of amides is 2. The maximum Gasteiger partial charge on any atom is 0.237 e. The van der Waals surface area contributed by atoms with Crippen LogP contribution in [-0.2, 0) is 14.4 Å². The average Bonchev–Trinajstić information content (AvgIpc) is 2.25. The lowest BCUT2D eigenvalue weighted by Gasteiger charge is -2.17. The molecule has 0 rings (SSSR count). The Morgan fingerprint density at radius 2 is 2.00 bits per heavy atom. The van der Waals surface area contributed by atoms with Crippen LogP contribution in [0.4, 0.5) is 0 Å². The summed E-state index contributed by atoms with van der Waals surface area (Å²) in [4.78, 5) is 33.0. The third-order valence-electron chi connectivity index (χ3n) is 2.10. The van der Waals surface area contributed by atoms with Gasteiger partial charge in [-0.3, -0.25) is 9.59 Å². The lowest BCUT2D eigenvalue weighted by atomic mass is 10.0. The van der Waals surface area contributed by atoms with Crippen molar-refractivity contribution in [2.45, 2.75) is 32.4 Å². The average molecular weight is 275 g/mol. The smallest absolute Gasteiger partial charge is 0.237 e.